The molecule has 0 amide bonds. The Morgan fingerprint density at radius 2 is 1.43 bits per heavy atom. The molecule has 3 aromatic carbocycles. The van der Waals surface area contributed by atoms with Gasteiger partial charge in [-0.05, 0) is 42.0 Å². The maximum atomic E-state index is 12.6. The third kappa shape index (κ3) is 4.75. The molecule has 6 nitrogen and oxygen atoms in total. The first-order valence-electron chi connectivity index (χ1n) is 8.64. The lowest BCUT2D eigenvalue weighted by Gasteiger charge is -2.12. The van der Waals surface area contributed by atoms with Crippen LogP contribution in [0.5, 0.6) is 11.5 Å². The van der Waals surface area contributed by atoms with Crippen LogP contribution in [0.4, 0.5) is 11.4 Å². The molecular formula is C21H22N2O4S. The van der Waals surface area contributed by atoms with Crippen LogP contribution in [0.25, 0.3) is 0 Å². The molecule has 0 aliphatic carbocycles. The minimum Gasteiger partial charge on any atom is -0.493 e. The van der Waals surface area contributed by atoms with Crippen molar-refractivity contribution in [1.82, 2.24) is 0 Å². The van der Waals surface area contributed by atoms with E-state index in [1.54, 1.807) is 18.2 Å². The fourth-order valence-corrected chi connectivity index (χ4v) is 3.73. The molecule has 0 heterocycles. The molecular weight excluding hydrogens is 376 g/mol. The van der Waals surface area contributed by atoms with Crippen molar-refractivity contribution < 1.29 is 17.9 Å². The van der Waals surface area contributed by atoms with Crippen molar-refractivity contribution in [1.29, 1.82) is 0 Å². The van der Waals surface area contributed by atoms with E-state index in [1.807, 2.05) is 42.5 Å². The fourth-order valence-electron chi connectivity index (χ4n) is 2.65. The predicted octanol–water partition coefficient (Wildman–Crippen LogP) is 4.12. The van der Waals surface area contributed by atoms with Gasteiger partial charge in [0.25, 0.3) is 10.0 Å². The molecule has 0 aliphatic heterocycles. The lowest BCUT2D eigenvalue weighted by molar-refractivity contribution is 0.354. The molecule has 7 heteroatoms. The van der Waals surface area contributed by atoms with Gasteiger partial charge in [0.05, 0.1) is 19.1 Å². The van der Waals surface area contributed by atoms with E-state index in [-0.39, 0.29) is 4.90 Å². The van der Waals surface area contributed by atoms with Crippen LogP contribution in [0.1, 0.15) is 5.56 Å². The summed E-state index contributed by atoms with van der Waals surface area (Å²) in [7, 11) is -0.786. The average Bonchev–Trinajstić information content (AvgIpc) is 2.73. The highest BCUT2D eigenvalue weighted by Crippen LogP contribution is 2.30. The third-order valence-electron chi connectivity index (χ3n) is 4.14. The molecule has 0 saturated heterocycles. The zero-order chi connectivity index (χ0) is 20.0. The van der Waals surface area contributed by atoms with Crippen LogP contribution in [-0.4, -0.2) is 22.6 Å². The Morgan fingerprint density at radius 3 is 2.07 bits per heavy atom. The topological polar surface area (TPSA) is 76.7 Å². The number of sulfonamides is 1. The zero-order valence-electron chi connectivity index (χ0n) is 15.7. The maximum absolute atomic E-state index is 12.6. The van der Waals surface area contributed by atoms with E-state index in [0.717, 1.165) is 5.69 Å². The van der Waals surface area contributed by atoms with Gasteiger partial charge in [-0.2, -0.15) is 0 Å². The van der Waals surface area contributed by atoms with Crippen LogP contribution in [0, 0.1) is 0 Å². The molecule has 0 aromatic heterocycles. The highest BCUT2D eigenvalue weighted by atomic mass is 32.2. The van der Waals surface area contributed by atoms with Crippen LogP contribution in [0.15, 0.2) is 77.7 Å². The van der Waals surface area contributed by atoms with Crippen LogP contribution < -0.4 is 19.5 Å². The van der Waals surface area contributed by atoms with E-state index < -0.39 is 10.0 Å². The van der Waals surface area contributed by atoms with E-state index in [0.29, 0.717) is 23.7 Å². The van der Waals surface area contributed by atoms with Gasteiger partial charge in [0.1, 0.15) is 0 Å². The molecule has 2 N–H and O–H groups in total. The predicted molar refractivity (Wildman–Crippen MR) is 111 cm³/mol. The molecule has 28 heavy (non-hydrogen) atoms. The summed E-state index contributed by atoms with van der Waals surface area (Å²) in [6.45, 7) is 0.692. The molecule has 0 aliphatic rings. The fraction of sp³-hybridized carbons (Fsp3) is 0.143. The van der Waals surface area contributed by atoms with Gasteiger partial charge in [0.2, 0.25) is 0 Å². The van der Waals surface area contributed by atoms with Gasteiger partial charge in [-0.3, -0.25) is 4.72 Å². The largest absolute Gasteiger partial charge is 0.493 e. The van der Waals surface area contributed by atoms with Crippen molar-refractivity contribution in [2.45, 2.75) is 11.4 Å². The summed E-state index contributed by atoms with van der Waals surface area (Å²) >= 11 is 0. The highest BCUT2D eigenvalue weighted by Gasteiger charge is 2.17. The number of benzene rings is 3. The summed E-state index contributed by atoms with van der Waals surface area (Å²) in [5, 5.41) is 3.30. The van der Waals surface area contributed by atoms with Crippen LogP contribution in [-0.2, 0) is 16.6 Å². The van der Waals surface area contributed by atoms with Gasteiger partial charge in [-0.15, -0.1) is 0 Å². The van der Waals surface area contributed by atoms with Crippen molar-refractivity contribution >= 4 is 21.4 Å². The zero-order valence-corrected chi connectivity index (χ0v) is 16.5. The second-order valence-electron chi connectivity index (χ2n) is 6.04. The second-order valence-corrected chi connectivity index (χ2v) is 7.72. The highest BCUT2D eigenvalue weighted by molar-refractivity contribution is 7.92. The summed E-state index contributed by atoms with van der Waals surface area (Å²) in [6, 6.07) is 21.6. The first kappa shape index (κ1) is 19.6. The maximum Gasteiger partial charge on any atom is 0.262 e. The van der Waals surface area contributed by atoms with E-state index in [9.17, 15) is 8.42 Å². The Balaban J connectivity index is 1.69. The van der Waals surface area contributed by atoms with Gasteiger partial charge in [0.15, 0.2) is 11.5 Å². The van der Waals surface area contributed by atoms with Crippen molar-refractivity contribution in [2.75, 3.05) is 24.3 Å². The number of methoxy groups -OCH3 is 2. The average molecular weight is 398 g/mol. The quantitative estimate of drug-likeness (QED) is 0.597. The Bertz CT molecular complexity index is 1020. The standard InChI is InChI=1S/C21H22N2O4S/c1-26-20-13-12-19(14-21(20)27-2)28(24,25)23-18-10-8-17(9-11-18)22-15-16-6-4-3-5-7-16/h3-14,22-23H,15H2,1-2H3. The lowest BCUT2D eigenvalue weighted by Crippen LogP contribution is -2.13. The molecule has 0 fully saturated rings. The molecule has 0 unspecified atom stereocenters. The molecule has 0 spiro atoms. The Labute approximate surface area is 165 Å². The van der Waals surface area contributed by atoms with E-state index in [2.05, 4.69) is 10.0 Å². The molecule has 0 atom stereocenters. The van der Waals surface area contributed by atoms with Gasteiger partial charge < -0.3 is 14.8 Å². The smallest absolute Gasteiger partial charge is 0.262 e. The number of hydrogen-bond acceptors (Lipinski definition) is 5. The van der Waals surface area contributed by atoms with Gasteiger partial charge >= 0.3 is 0 Å². The second kappa shape index (κ2) is 8.67. The van der Waals surface area contributed by atoms with Gasteiger partial charge in [-0.1, -0.05) is 30.3 Å². The van der Waals surface area contributed by atoms with Crippen molar-refractivity contribution in [3.05, 3.63) is 78.4 Å². The van der Waals surface area contributed by atoms with Crippen LogP contribution in [0.2, 0.25) is 0 Å². The van der Waals surface area contributed by atoms with Crippen molar-refractivity contribution in [3.8, 4) is 11.5 Å². The first-order valence-corrected chi connectivity index (χ1v) is 10.1. The van der Waals surface area contributed by atoms with E-state index in [1.165, 1.54) is 31.9 Å². The monoisotopic (exact) mass is 398 g/mol. The van der Waals surface area contributed by atoms with Crippen molar-refractivity contribution in [3.63, 3.8) is 0 Å². The first-order chi connectivity index (χ1) is 13.5. The number of nitrogens with one attached hydrogen (secondary N) is 2. The number of ether oxygens (including phenoxy) is 2. The summed E-state index contributed by atoms with van der Waals surface area (Å²) in [4.78, 5) is 0.0939. The SMILES string of the molecule is COc1ccc(S(=O)(=O)Nc2ccc(NCc3ccccc3)cc2)cc1OC. The Morgan fingerprint density at radius 1 is 0.786 bits per heavy atom. The molecule has 146 valence electrons. The molecule has 0 bridgehead atoms. The summed E-state index contributed by atoms with van der Waals surface area (Å²) < 4.78 is 38.2. The van der Waals surface area contributed by atoms with Crippen LogP contribution >= 0.6 is 0 Å². The third-order valence-corrected chi connectivity index (χ3v) is 5.52. The van der Waals surface area contributed by atoms with Crippen molar-refractivity contribution in [2.24, 2.45) is 0 Å². The number of rotatable bonds is 8. The molecule has 3 rings (SSSR count). The number of anilines is 2. The lowest BCUT2D eigenvalue weighted by atomic mass is 10.2. The summed E-state index contributed by atoms with van der Waals surface area (Å²) in [5.74, 6) is 0.820. The minimum absolute atomic E-state index is 0.0939. The number of hydrogen-bond donors (Lipinski definition) is 2. The summed E-state index contributed by atoms with van der Waals surface area (Å²) in [6.07, 6.45) is 0. The van der Waals surface area contributed by atoms with E-state index >= 15 is 0 Å². The molecule has 0 saturated carbocycles. The Kier molecular flexibility index (Phi) is 6.06. The van der Waals surface area contributed by atoms with E-state index in [4.69, 9.17) is 9.47 Å². The summed E-state index contributed by atoms with van der Waals surface area (Å²) in [5.41, 5.74) is 2.54. The van der Waals surface area contributed by atoms with Gasteiger partial charge in [-0.25, -0.2) is 8.42 Å². The molecule has 0 radical (unpaired) electrons. The Hall–Kier alpha value is -3.19. The normalized spacial score (nSPS) is 10.9. The minimum atomic E-state index is -3.74. The van der Waals surface area contributed by atoms with Gasteiger partial charge in [0, 0.05) is 24.0 Å². The van der Waals surface area contributed by atoms with Crippen LogP contribution in [0.3, 0.4) is 0 Å². The molecule has 3 aromatic rings.